The number of rotatable bonds is 6. The highest BCUT2D eigenvalue weighted by atomic mass is 16.2. The lowest BCUT2D eigenvalue weighted by Crippen LogP contribution is -2.42. The van der Waals surface area contributed by atoms with Gasteiger partial charge in [0.15, 0.2) is 0 Å². The van der Waals surface area contributed by atoms with E-state index in [1.165, 1.54) is 18.5 Å². The summed E-state index contributed by atoms with van der Waals surface area (Å²) in [5.74, 6) is -0.182. The van der Waals surface area contributed by atoms with E-state index in [-0.39, 0.29) is 11.9 Å². The molecule has 164 valence electrons. The summed E-state index contributed by atoms with van der Waals surface area (Å²) in [6.07, 6.45) is 2.46. The second-order valence-corrected chi connectivity index (χ2v) is 9.14. The van der Waals surface area contributed by atoms with Crippen molar-refractivity contribution in [2.45, 2.75) is 39.3 Å². The van der Waals surface area contributed by atoms with Gasteiger partial charge in [0.05, 0.1) is 0 Å². The van der Waals surface area contributed by atoms with Crippen molar-refractivity contribution in [3.05, 3.63) is 54.1 Å². The van der Waals surface area contributed by atoms with Gasteiger partial charge in [-0.3, -0.25) is 4.79 Å². The van der Waals surface area contributed by atoms with Crippen molar-refractivity contribution < 1.29 is 9.59 Å². The molecule has 2 heterocycles. The number of carbonyl (C=O) groups excluding carboxylic acids is 2. The van der Waals surface area contributed by atoms with Crippen molar-refractivity contribution in [3.8, 4) is 0 Å². The van der Waals surface area contributed by atoms with Crippen LogP contribution in [0.1, 0.15) is 32.3 Å². The van der Waals surface area contributed by atoms with Gasteiger partial charge in [-0.2, -0.15) is 0 Å². The molecule has 0 aliphatic carbocycles. The summed E-state index contributed by atoms with van der Waals surface area (Å²) >= 11 is 0. The number of carbonyl (C=O) groups is 2. The van der Waals surface area contributed by atoms with E-state index in [0.29, 0.717) is 18.5 Å². The third-order valence-electron chi connectivity index (χ3n) is 6.15. The molecule has 4 rings (SSSR count). The summed E-state index contributed by atoms with van der Waals surface area (Å²) in [6, 6.07) is 15.8. The molecule has 0 radical (unpaired) electrons. The Labute approximate surface area is 183 Å². The number of nitrogens with one attached hydrogen (secondary N) is 4. The molecule has 0 bridgehead atoms. The fourth-order valence-corrected chi connectivity index (χ4v) is 3.92. The Hall–Kier alpha value is -3.22. The molecule has 1 unspecified atom stereocenters. The lowest BCUT2D eigenvalue weighted by molar-refractivity contribution is -0.122. The molecule has 2 aliphatic heterocycles. The van der Waals surface area contributed by atoms with E-state index >= 15 is 0 Å². The fraction of sp³-hybridized carbons (Fsp3) is 0.417. The first-order valence-corrected chi connectivity index (χ1v) is 10.9. The Balaban J connectivity index is 1.27. The van der Waals surface area contributed by atoms with E-state index in [1.54, 1.807) is 0 Å². The maximum atomic E-state index is 12.1. The Morgan fingerprint density at radius 1 is 1.03 bits per heavy atom. The zero-order valence-corrected chi connectivity index (χ0v) is 18.2. The molecule has 0 aromatic heterocycles. The average Bonchev–Trinajstić information content (AvgIpc) is 3.20. The average molecular weight is 422 g/mol. The van der Waals surface area contributed by atoms with Crippen molar-refractivity contribution in [1.82, 2.24) is 16.0 Å². The Bertz CT molecular complexity index is 914. The minimum absolute atomic E-state index is 0.182. The molecule has 3 amide bonds. The molecule has 2 aromatic carbocycles. The van der Waals surface area contributed by atoms with E-state index in [4.69, 9.17) is 0 Å². The molecule has 7 nitrogen and oxygen atoms in total. The van der Waals surface area contributed by atoms with Crippen LogP contribution in [-0.2, 0) is 11.3 Å². The Morgan fingerprint density at radius 3 is 2.23 bits per heavy atom. The highest BCUT2D eigenvalue weighted by Gasteiger charge is 2.26. The lowest BCUT2D eigenvalue weighted by atomic mass is 9.82. The van der Waals surface area contributed by atoms with Crippen LogP contribution < -0.4 is 26.2 Å². The summed E-state index contributed by atoms with van der Waals surface area (Å²) in [4.78, 5) is 25.7. The minimum atomic E-state index is -0.507. The Morgan fingerprint density at radius 2 is 1.65 bits per heavy atom. The van der Waals surface area contributed by atoms with Gasteiger partial charge in [-0.25, -0.2) is 4.79 Å². The summed E-state index contributed by atoms with van der Waals surface area (Å²) < 4.78 is 0. The molecule has 4 N–H and O–H groups in total. The smallest absolute Gasteiger partial charge is 0.315 e. The van der Waals surface area contributed by atoms with Gasteiger partial charge < -0.3 is 26.2 Å². The second kappa shape index (κ2) is 8.88. The summed E-state index contributed by atoms with van der Waals surface area (Å²) in [7, 11) is 0. The van der Waals surface area contributed by atoms with Gasteiger partial charge in [0, 0.05) is 43.2 Å². The maximum Gasteiger partial charge on any atom is 0.315 e. The van der Waals surface area contributed by atoms with Crippen LogP contribution in [0.5, 0.6) is 0 Å². The van der Waals surface area contributed by atoms with Crippen LogP contribution in [0.2, 0.25) is 0 Å². The predicted molar refractivity (Wildman–Crippen MR) is 124 cm³/mol. The van der Waals surface area contributed by atoms with Crippen molar-refractivity contribution in [3.63, 3.8) is 0 Å². The zero-order chi connectivity index (χ0) is 21.8. The molecular formula is C24H31N5O2. The number of amides is 3. The molecule has 2 aromatic rings. The highest BCUT2D eigenvalue weighted by molar-refractivity contribution is 5.90. The van der Waals surface area contributed by atoms with E-state index < -0.39 is 6.04 Å². The van der Waals surface area contributed by atoms with Crippen LogP contribution >= 0.6 is 0 Å². The van der Waals surface area contributed by atoms with E-state index in [9.17, 15) is 9.59 Å². The van der Waals surface area contributed by atoms with E-state index in [2.05, 4.69) is 64.3 Å². The first-order chi connectivity index (χ1) is 14.9. The van der Waals surface area contributed by atoms with Crippen LogP contribution in [-0.4, -0.2) is 37.6 Å². The first-order valence-electron chi connectivity index (χ1n) is 10.9. The molecule has 0 spiro atoms. The van der Waals surface area contributed by atoms with Gasteiger partial charge >= 0.3 is 6.03 Å². The summed E-state index contributed by atoms with van der Waals surface area (Å²) in [6.45, 7) is 7.67. The molecule has 0 saturated carbocycles. The molecule has 31 heavy (non-hydrogen) atoms. The van der Waals surface area contributed by atoms with Gasteiger partial charge in [0.2, 0.25) is 5.91 Å². The van der Waals surface area contributed by atoms with Crippen LogP contribution in [0, 0.1) is 5.41 Å². The van der Waals surface area contributed by atoms with Gasteiger partial charge in [-0.15, -0.1) is 0 Å². The van der Waals surface area contributed by atoms with Crippen molar-refractivity contribution in [1.29, 1.82) is 0 Å². The largest absolute Gasteiger partial charge is 0.371 e. The monoisotopic (exact) mass is 421 g/mol. The van der Waals surface area contributed by atoms with E-state index in [0.717, 1.165) is 30.0 Å². The number of urea groups is 1. The SMILES string of the molecule is CC1(C)CCN(c2ccc(Nc3ccc(CNC(=O)C4CNC(=O)N4)cc3)cc2)CC1. The first kappa shape index (κ1) is 21.0. The number of hydrogen-bond acceptors (Lipinski definition) is 4. The normalized spacial score (nSPS) is 20.0. The topological polar surface area (TPSA) is 85.5 Å². The second-order valence-electron chi connectivity index (χ2n) is 9.14. The number of anilines is 3. The number of hydrogen-bond donors (Lipinski definition) is 4. The van der Waals surface area contributed by atoms with Gasteiger partial charge in [0.1, 0.15) is 6.04 Å². The molecule has 2 aliphatic rings. The van der Waals surface area contributed by atoms with Crippen molar-refractivity contribution in [2.75, 3.05) is 29.9 Å². The maximum absolute atomic E-state index is 12.1. The third kappa shape index (κ3) is 5.48. The highest BCUT2D eigenvalue weighted by Crippen LogP contribution is 2.32. The number of nitrogens with zero attached hydrogens (tertiary/aromatic N) is 1. The standard InChI is InChI=1S/C24H31N5O2/c1-24(2)11-13-29(14-12-24)20-9-7-19(8-10-20)27-18-5-3-17(4-6-18)15-25-22(30)21-16-26-23(31)28-21/h3-10,21,27H,11-16H2,1-2H3,(H,25,30)(H2,26,28,31). The van der Waals surface area contributed by atoms with Crippen LogP contribution in [0.4, 0.5) is 21.9 Å². The minimum Gasteiger partial charge on any atom is -0.371 e. The summed E-state index contributed by atoms with van der Waals surface area (Å²) in [5.41, 5.74) is 4.78. The number of piperidine rings is 1. The molecule has 7 heteroatoms. The van der Waals surface area contributed by atoms with Crippen molar-refractivity contribution in [2.24, 2.45) is 5.41 Å². The lowest BCUT2D eigenvalue weighted by Gasteiger charge is -2.38. The fourth-order valence-electron chi connectivity index (χ4n) is 3.92. The Kier molecular flexibility index (Phi) is 6.02. The van der Waals surface area contributed by atoms with Crippen LogP contribution in [0.25, 0.3) is 0 Å². The van der Waals surface area contributed by atoms with Crippen LogP contribution in [0.15, 0.2) is 48.5 Å². The van der Waals surface area contributed by atoms with Gasteiger partial charge in [-0.1, -0.05) is 26.0 Å². The zero-order valence-electron chi connectivity index (χ0n) is 18.2. The van der Waals surface area contributed by atoms with Gasteiger partial charge in [0.25, 0.3) is 0 Å². The molecular weight excluding hydrogens is 390 g/mol. The molecule has 1 atom stereocenters. The quantitative estimate of drug-likeness (QED) is 0.576. The number of benzene rings is 2. The van der Waals surface area contributed by atoms with Crippen LogP contribution in [0.3, 0.4) is 0 Å². The third-order valence-corrected chi connectivity index (χ3v) is 6.15. The predicted octanol–water partition coefficient (Wildman–Crippen LogP) is 3.35. The molecule has 2 saturated heterocycles. The van der Waals surface area contributed by atoms with E-state index in [1.807, 2.05) is 24.3 Å². The summed E-state index contributed by atoms with van der Waals surface area (Å²) in [5, 5.41) is 11.4. The van der Waals surface area contributed by atoms with Gasteiger partial charge in [-0.05, 0) is 60.2 Å². The molecule has 2 fully saturated rings. The van der Waals surface area contributed by atoms with Crippen molar-refractivity contribution >= 4 is 29.0 Å².